The summed E-state index contributed by atoms with van der Waals surface area (Å²) in [4.78, 5) is 1.92. The van der Waals surface area contributed by atoms with Crippen LogP contribution in [0.15, 0.2) is 18.2 Å². The molecule has 1 rings (SSSR count). The second-order valence-corrected chi connectivity index (χ2v) is 3.18. The molecule has 1 radical (unpaired) electrons. The standard InChI is InChI=1S/C10H13FNO/c1-12(2)6-8-4-3-5-10(11)9(8)7-13/h3-5,7,13H,6H2,1-2H3. The molecule has 0 aliphatic carbocycles. The zero-order valence-electron chi connectivity index (χ0n) is 7.79. The van der Waals surface area contributed by atoms with Crippen molar-refractivity contribution in [3.05, 3.63) is 41.8 Å². The average molecular weight is 182 g/mol. The summed E-state index contributed by atoms with van der Waals surface area (Å²) in [7, 11) is 3.79. The second kappa shape index (κ2) is 4.35. The van der Waals surface area contributed by atoms with Gasteiger partial charge in [0.2, 0.25) is 0 Å². The molecule has 0 unspecified atom stereocenters. The molecule has 1 aromatic rings. The van der Waals surface area contributed by atoms with E-state index in [1.165, 1.54) is 6.07 Å². The molecule has 0 spiro atoms. The molecule has 0 aliphatic heterocycles. The predicted octanol–water partition coefficient (Wildman–Crippen LogP) is 1.77. The summed E-state index contributed by atoms with van der Waals surface area (Å²) >= 11 is 0. The van der Waals surface area contributed by atoms with Crippen molar-refractivity contribution in [1.29, 1.82) is 0 Å². The molecule has 0 heterocycles. The van der Waals surface area contributed by atoms with Crippen LogP contribution < -0.4 is 0 Å². The molecule has 0 aliphatic rings. The van der Waals surface area contributed by atoms with Crippen molar-refractivity contribution >= 4 is 0 Å². The predicted molar refractivity (Wildman–Crippen MR) is 49.1 cm³/mol. The molecule has 3 heteroatoms. The minimum atomic E-state index is -0.387. The third-order valence-corrected chi connectivity index (χ3v) is 1.76. The summed E-state index contributed by atoms with van der Waals surface area (Å²) in [6.07, 6.45) is 0. The Kier molecular flexibility index (Phi) is 3.39. The van der Waals surface area contributed by atoms with Gasteiger partial charge in [-0.15, -0.1) is 0 Å². The van der Waals surface area contributed by atoms with Crippen LogP contribution in [0.5, 0.6) is 0 Å². The van der Waals surface area contributed by atoms with E-state index in [2.05, 4.69) is 0 Å². The molecule has 2 nitrogen and oxygen atoms in total. The molecule has 0 fully saturated rings. The summed E-state index contributed by atoms with van der Waals surface area (Å²) < 4.78 is 13.1. The third-order valence-electron chi connectivity index (χ3n) is 1.76. The van der Waals surface area contributed by atoms with E-state index in [0.717, 1.165) is 12.2 Å². The quantitative estimate of drug-likeness (QED) is 0.770. The van der Waals surface area contributed by atoms with Crippen molar-refractivity contribution in [3.63, 3.8) is 0 Å². The van der Waals surface area contributed by atoms with Gasteiger partial charge in [-0.2, -0.15) is 0 Å². The molecule has 13 heavy (non-hydrogen) atoms. The first-order valence-electron chi connectivity index (χ1n) is 4.04. The summed E-state index contributed by atoms with van der Waals surface area (Å²) in [5, 5.41) is 8.83. The molecular formula is C10H13FNO. The van der Waals surface area contributed by atoms with Gasteiger partial charge in [-0.3, -0.25) is 0 Å². The van der Waals surface area contributed by atoms with E-state index in [4.69, 9.17) is 5.11 Å². The van der Waals surface area contributed by atoms with Crippen LogP contribution in [0, 0.1) is 12.4 Å². The molecule has 0 saturated heterocycles. The summed E-state index contributed by atoms with van der Waals surface area (Å²) in [5.74, 6) is -0.387. The number of nitrogens with zero attached hydrogens (tertiary/aromatic N) is 1. The number of hydrogen-bond donors (Lipinski definition) is 1. The van der Waals surface area contributed by atoms with Crippen molar-refractivity contribution in [2.24, 2.45) is 0 Å². The zero-order chi connectivity index (χ0) is 9.84. The highest BCUT2D eigenvalue weighted by atomic mass is 19.1. The van der Waals surface area contributed by atoms with Gasteiger partial charge in [0.05, 0.1) is 0 Å². The van der Waals surface area contributed by atoms with Crippen molar-refractivity contribution in [2.75, 3.05) is 14.1 Å². The van der Waals surface area contributed by atoms with Crippen LogP contribution in [0.25, 0.3) is 0 Å². The number of benzene rings is 1. The third kappa shape index (κ3) is 2.50. The molecule has 0 bridgehead atoms. The largest absolute Gasteiger partial charge is 0.385 e. The highest BCUT2D eigenvalue weighted by molar-refractivity contribution is 5.32. The molecular weight excluding hydrogens is 169 g/mol. The van der Waals surface area contributed by atoms with Gasteiger partial charge >= 0.3 is 0 Å². The smallest absolute Gasteiger partial charge is 0.129 e. The van der Waals surface area contributed by atoms with Crippen LogP contribution in [0.4, 0.5) is 4.39 Å². The first-order chi connectivity index (χ1) is 6.15. The Labute approximate surface area is 77.6 Å². The lowest BCUT2D eigenvalue weighted by Crippen LogP contribution is -2.12. The van der Waals surface area contributed by atoms with Gasteiger partial charge in [-0.25, -0.2) is 4.39 Å². The molecule has 0 aromatic heterocycles. The lowest BCUT2D eigenvalue weighted by atomic mass is 10.1. The summed E-state index contributed by atoms with van der Waals surface area (Å²) in [5.41, 5.74) is 1.06. The first kappa shape index (κ1) is 10.2. The van der Waals surface area contributed by atoms with Crippen molar-refractivity contribution in [2.45, 2.75) is 6.54 Å². The van der Waals surface area contributed by atoms with Crippen molar-refractivity contribution in [1.82, 2.24) is 4.90 Å². The Morgan fingerprint density at radius 1 is 1.46 bits per heavy atom. The first-order valence-corrected chi connectivity index (χ1v) is 4.04. The SMILES string of the molecule is CN(C)Cc1cccc(F)c1[CH]O. The lowest BCUT2D eigenvalue weighted by molar-refractivity contribution is 0.384. The van der Waals surface area contributed by atoms with E-state index >= 15 is 0 Å². The van der Waals surface area contributed by atoms with E-state index in [0.29, 0.717) is 6.54 Å². The fourth-order valence-electron chi connectivity index (χ4n) is 1.20. The van der Waals surface area contributed by atoms with Gasteiger partial charge in [0.15, 0.2) is 0 Å². The highest BCUT2D eigenvalue weighted by Crippen LogP contribution is 2.15. The van der Waals surface area contributed by atoms with Crippen LogP contribution >= 0.6 is 0 Å². The maximum Gasteiger partial charge on any atom is 0.129 e. The Morgan fingerprint density at radius 2 is 2.15 bits per heavy atom. The van der Waals surface area contributed by atoms with Gasteiger partial charge in [0.25, 0.3) is 0 Å². The van der Waals surface area contributed by atoms with Gasteiger partial charge < -0.3 is 10.0 Å². The summed E-state index contributed by atoms with van der Waals surface area (Å²) in [6, 6.07) is 4.77. The Morgan fingerprint density at radius 3 is 2.69 bits per heavy atom. The molecule has 71 valence electrons. The van der Waals surface area contributed by atoms with E-state index < -0.39 is 0 Å². The average Bonchev–Trinajstić information content (AvgIpc) is 2.03. The molecule has 1 aromatic carbocycles. The van der Waals surface area contributed by atoms with Gasteiger partial charge in [-0.05, 0) is 25.7 Å². The van der Waals surface area contributed by atoms with Gasteiger partial charge in [0, 0.05) is 12.1 Å². The number of hydrogen-bond acceptors (Lipinski definition) is 2. The van der Waals surface area contributed by atoms with Crippen LogP contribution in [-0.4, -0.2) is 24.1 Å². The second-order valence-electron chi connectivity index (χ2n) is 3.18. The normalized spacial score (nSPS) is 10.8. The Balaban J connectivity index is 2.98. The van der Waals surface area contributed by atoms with E-state index in [9.17, 15) is 4.39 Å². The fraction of sp³-hybridized carbons (Fsp3) is 0.300. The minimum absolute atomic E-state index is 0.274. The van der Waals surface area contributed by atoms with Crippen LogP contribution in [0.3, 0.4) is 0 Å². The monoisotopic (exact) mass is 182 g/mol. The molecule has 0 saturated carbocycles. The van der Waals surface area contributed by atoms with Crippen LogP contribution in [-0.2, 0) is 6.54 Å². The van der Waals surface area contributed by atoms with Crippen LogP contribution in [0.1, 0.15) is 11.1 Å². The maximum absolute atomic E-state index is 13.1. The topological polar surface area (TPSA) is 23.5 Å². The zero-order valence-corrected chi connectivity index (χ0v) is 7.79. The molecule has 1 N–H and O–H groups in total. The Bertz CT molecular complexity index is 286. The van der Waals surface area contributed by atoms with Crippen molar-refractivity contribution < 1.29 is 9.50 Å². The molecule has 0 atom stereocenters. The number of rotatable bonds is 3. The van der Waals surface area contributed by atoms with Gasteiger partial charge in [-0.1, -0.05) is 12.1 Å². The Hall–Kier alpha value is -0.930. The molecule has 0 amide bonds. The maximum atomic E-state index is 13.1. The number of aliphatic hydroxyl groups excluding tert-OH is 1. The van der Waals surface area contributed by atoms with E-state index in [-0.39, 0.29) is 11.4 Å². The summed E-state index contributed by atoms with van der Waals surface area (Å²) in [6.45, 7) is 1.43. The van der Waals surface area contributed by atoms with Crippen molar-refractivity contribution in [3.8, 4) is 0 Å². The van der Waals surface area contributed by atoms with Gasteiger partial charge in [0.1, 0.15) is 12.4 Å². The minimum Gasteiger partial charge on any atom is -0.385 e. The van der Waals surface area contributed by atoms with E-state index in [1.807, 2.05) is 19.0 Å². The fourth-order valence-corrected chi connectivity index (χ4v) is 1.20. The van der Waals surface area contributed by atoms with Crippen LogP contribution in [0.2, 0.25) is 0 Å². The van der Waals surface area contributed by atoms with E-state index in [1.54, 1.807) is 12.1 Å². The highest BCUT2D eigenvalue weighted by Gasteiger charge is 2.07. The lowest BCUT2D eigenvalue weighted by Gasteiger charge is -2.12. The number of halogens is 1. The number of aliphatic hydroxyl groups is 1.